The number of benzene rings is 2. The molecule has 37 heavy (non-hydrogen) atoms. The van der Waals surface area contributed by atoms with Gasteiger partial charge in [-0.15, -0.1) is 6.58 Å². The number of hydrogen-bond donors (Lipinski definition) is 0. The number of allylic oxidation sites excluding steroid dienone is 1. The van der Waals surface area contributed by atoms with Crippen molar-refractivity contribution in [3.63, 3.8) is 0 Å². The number of halogens is 3. The van der Waals surface area contributed by atoms with Crippen LogP contribution in [0.3, 0.4) is 0 Å². The van der Waals surface area contributed by atoms with Crippen LogP contribution in [-0.2, 0) is 16.1 Å². The molecule has 0 N–H and O–H groups in total. The van der Waals surface area contributed by atoms with Gasteiger partial charge in [0.2, 0.25) is 5.88 Å². The zero-order valence-electron chi connectivity index (χ0n) is 22.7. The zero-order valence-corrected chi connectivity index (χ0v) is 25.9. The van der Waals surface area contributed by atoms with Gasteiger partial charge in [-0.3, -0.25) is 4.79 Å². The number of alkyl halides is 2. The third kappa shape index (κ3) is 9.38. The molecule has 0 unspecified atom stereocenters. The summed E-state index contributed by atoms with van der Waals surface area (Å²) in [6.45, 7) is 11.3. The molecular formula is C30H37Br2FN2O2. The van der Waals surface area contributed by atoms with Crippen molar-refractivity contribution in [3.05, 3.63) is 89.4 Å². The number of aldehydes is 1. The number of pyridine rings is 1. The average Bonchev–Trinajstić information content (AvgIpc) is 2.88. The van der Waals surface area contributed by atoms with E-state index >= 15 is 0 Å². The van der Waals surface area contributed by atoms with Crippen molar-refractivity contribution in [3.8, 4) is 17.0 Å². The van der Waals surface area contributed by atoms with Crippen molar-refractivity contribution in [1.82, 2.24) is 4.98 Å². The van der Waals surface area contributed by atoms with Gasteiger partial charge in [0.05, 0.1) is 18.4 Å². The predicted octanol–water partition coefficient (Wildman–Crippen LogP) is 8.74. The molecule has 0 saturated heterocycles. The Morgan fingerprint density at radius 3 is 2.16 bits per heavy atom. The van der Waals surface area contributed by atoms with Gasteiger partial charge in [0.1, 0.15) is 5.82 Å². The van der Waals surface area contributed by atoms with E-state index in [9.17, 15) is 9.18 Å². The zero-order chi connectivity index (χ0) is 28.2. The minimum absolute atomic E-state index is 0.0811. The lowest BCUT2D eigenvalue weighted by atomic mass is 9.86. The Bertz CT molecular complexity index is 1170. The third-order valence-electron chi connectivity index (χ3n) is 5.33. The molecule has 3 aromatic rings. The van der Waals surface area contributed by atoms with Crippen molar-refractivity contribution in [2.75, 3.05) is 26.1 Å². The summed E-state index contributed by atoms with van der Waals surface area (Å²) in [5.41, 5.74) is 6.71. The highest BCUT2D eigenvalue weighted by molar-refractivity contribution is 9.08. The summed E-state index contributed by atoms with van der Waals surface area (Å²) in [6, 6.07) is 15.0. The van der Waals surface area contributed by atoms with Crippen LogP contribution in [0.4, 0.5) is 10.1 Å². The molecule has 0 amide bonds. The van der Waals surface area contributed by atoms with Crippen molar-refractivity contribution < 1.29 is 13.9 Å². The summed E-state index contributed by atoms with van der Waals surface area (Å²) in [5, 5.41) is 1.48. The number of carbonyl (C=O) groups excluding carboxylic acids is 1. The summed E-state index contributed by atoms with van der Waals surface area (Å²) < 4.78 is 18.4. The summed E-state index contributed by atoms with van der Waals surface area (Å²) in [4.78, 5) is 17.0. The number of anilines is 1. The summed E-state index contributed by atoms with van der Waals surface area (Å²) >= 11 is 7.14. The smallest absolute Gasteiger partial charge is 0.213 e. The largest absolute Gasteiger partial charge is 0.481 e. The SMILES string of the molecule is C=CC.CC(C)(C)c1ccc(C=O)c(F)c1.COc1ccc(-c2cccc(N(C)C)c2CBr)c(CBr)n1. The van der Waals surface area contributed by atoms with Gasteiger partial charge in [-0.25, -0.2) is 9.37 Å². The van der Waals surface area contributed by atoms with Gasteiger partial charge in [-0.05, 0) is 53.3 Å². The van der Waals surface area contributed by atoms with Crippen molar-refractivity contribution in [2.45, 2.75) is 43.8 Å². The molecule has 1 aromatic heterocycles. The molecule has 1 heterocycles. The van der Waals surface area contributed by atoms with E-state index in [1.807, 2.05) is 33.8 Å². The molecule has 0 fully saturated rings. The Kier molecular flexibility index (Phi) is 13.8. The van der Waals surface area contributed by atoms with Gasteiger partial charge in [0, 0.05) is 42.1 Å². The van der Waals surface area contributed by atoms with Crippen molar-refractivity contribution >= 4 is 43.8 Å². The molecule has 0 saturated carbocycles. The molecule has 0 aliphatic heterocycles. The standard InChI is InChI=1S/C16H18Br2N2O.C11H13FO.C3H6/c1-20(2)15-6-4-5-11(13(15)9-17)12-7-8-16(21-3)19-14(12)10-18;1-11(2,3)9-5-4-8(7-13)10(12)6-9;1-3-2/h4-8H,9-10H2,1-3H3;4-7H,1-3H3;3H,1H2,2H3. The summed E-state index contributed by atoms with van der Waals surface area (Å²) in [6.07, 6.45) is 2.28. The van der Waals surface area contributed by atoms with Gasteiger partial charge in [0.15, 0.2) is 6.29 Å². The average molecular weight is 636 g/mol. The van der Waals surface area contributed by atoms with E-state index in [1.165, 1.54) is 28.9 Å². The fourth-order valence-electron chi connectivity index (χ4n) is 3.42. The van der Waals surface area contributed by atoms with E-state index in [0.717, 1.165) is 22.2 Å². The number of carbonyl (C=O) groups is 1. The molecule has 0 bridgehead atoms. The number of ether oxygens (including phenoxy) is 1. The molecule has 0 atom stereocenters. The van der Waals surface area contributed by atoms with E-state index in [2.05, 4.69) is 86.7 Å². The third-order valence-corrected chi connectivity index (χ3v) is 6.43. The Labute approximate surface area is 238 Å². The highest BCUT2D eigenvalue weighted by Gasteiger charge is 2.16. The van der Waals surface area contributed by atoms with E-state index in [4.69, 9.17) is 4.74 Å². The Morgan fingerprint density at radius 1 is 1.05 bits per heavy atom. The number of rotatable bonds is 6. The van der Waals surface area contributed by atoms with Gasteiger partial charge in [-0.2, -0.15) is 0 Å². The lowest BCUT2D eigenvalue weighted by Gasteiger charge is -2.20. The lowest BCUT2D eigenvalue weighted by molar-refractivity contribution is 0.111. The maximum atomic E-state index is 13.1. The molecule has 200 valence electrons. The second kappa shape index (κ2) is 15.7. The van der Waals surface area contributed by atoms with Gasteiger partial charge < -0.3 is 9.64 Å². The Hall–Kier alpha value is -2.51. The molecule has 2 aromatic carbocycles. The lowest BCUT2D eigenvalue weighted by Crippen LogP contribution is -2.11. The van der Waals surface area contributed by atoms with Crippen LogP contribution in [0.5, 0.6) is 5.88 Å². The fourth-order valence-corrected chi connectivity index (χ4v) is 4.43. The van der Waals surface area contributed by atoms with Crippen LogP contribution < -0.4 is 9.64 Å². The van der Waals surface area contributed by atoms with E-state index in [-0.39, 0.29) is 11.0 Å². The first-order chi connectivity index (χ1) is 17.5. The van der Waals surface area contributed by atoms with Crippen LogP contribution in [0, 0.1) is 5.82 Å². The molecule has 7 heteroatoms. The van der Waals surface area contributed by atoms with E-state index in [0.29, 0.717) is 17.5 Å². The molecule has 0 radical (unpaired) electrons. The maximum absolute atomic E-state index is 13.1. The highest BCUT2D eigenvalue weighted by Crippen LogP contribution is 2.35. The number of aromatic nitrogens is 1. The minimum atomic E-state index is -0.442. The van der Waals surface area contributed by atoms with Crippen LogP contribution in [-0.4, -0.2) is 32.5 Å². The molecule has 4 nitrogen and oxygen atoms in total. The first-order valence-electron chi connectivity index (χ1n) is 11.8. The van der Waals surface area contributed by atoms with Crippen LogP contribution >= 0.6 is 31.9 Å². The second-order valence-electron chi connectivity index (χ2n) is 9.33. The summed E-state index contributed by atoms with van der Waals surface area (Å²) in [5.74, 6) is 0.194. The number of nitrogens with zero attached hydrogens (tertiary/aromatic N) is 2. The first kappa shape index (κ1) is 32.5. The number of hydrogen-bond acceptors (Lipinski definition) is 4. The Morgan fingerprint density at radius 2 is 1.70 bits per heavy atom. The van der Waals surface area contributed by atoms with Crippen molar-refractivity contribution in [2.24, 2.45) is 0 Å². The van der Waals surface area contributed by atoms with Crippen LogP contribution in [0.15, 0.2) is 61.2 Å². The molecule has 0 spiro atoms. The summed E-state index contributed by atoms with van der Waals surface area (Å²) in [7, 11) is 5.75. The van der Waals surface area contributed by atoms with Crippen molar-refractivity contribution in [1.29, 1.82) is 0 Å². The first-order valence-corrected chi connectivity index (χ1v) is 14.0. The Balaban J connectivity index is 0.000000365. The van der Waals surface area contributed by atoms with Crippen LogP contribution in [0.1, 0.15) is 54.9 Å². The molecular weight excluding hydrogens is 599 g/mol. The van der Waals surface area contributed by atoms with Gasteiger partial charge in [0.25, 0.3) is 0 Å². The monoisotopic (exact) mass is 634 g/mol. The van der Waals surface area contributed by atoms with Crippen LogP contribution in [0.25, 0.3) is 11.1 Å². The maximum Gasteiger partial charge on any atom is 0.213 e. The topological polar surface area (TPSA) is 42.4 Å². The molecule has 0 aliphatic rings. The molecule has 0 aliphatic carbocycles. The van der Waals surface area contributed by atoms with Crippen LogP contribution in [0.2, 0.25) is 0 Å². The van der Waals surface area contributed by atoms with Gasteiger partial charge >= 0.3 is 0 Å². The predicted molar refractivity (Wildman–Crippen MR) is 162 cm³/mol. The fraction of sp³-hybridized carbons (Fsp3) is 0.333. The van der Waals surface area contributed by atoms with E-state index in [1.54, 1.807) is 19.3 Å². The second-order valence-corrected chi connectivity index (χ2v) is 10.4. The highest BCUT2D eigenvalue weighted by atomic mass is 79.9. The normalized spacial score (nSPS) is 10.3. The minimum Gasteiger partial charge on any atom is -0.481 e. The van der Waals surface area contributed by atoms with Gasteiger partial charge in [-0.1, -0.05) is 76.9 Å². The quantitative estimate of drug-likeness (QED) is 0.154. The number of methoxy groups -OCH3 is 1. The molecule has 3 rings (SSSR count). The van der Waals surface area contributed by atoms with E-state index < -0.39 is 5.82 Å².